The van der Waals surface area contributed by atoms with E-state index in [0.29, 0.717) is 4.47 Å². The first-order valence-corrected chi connectivity index (χ1v) is 6.10. The molecule has 0 unspecified atom stereocenters. The van der Waals surface area contributed by atoms with E-state index in [2.05, 4.69) is 31.5 Å². The van der Waals surface area contributed by atoms with Gasteiger partial charge in [0, 0.05) is 10.7 Å². The summed E-state index contributed by atoms with van der Waals surface area (Å²) in [5.74, 6) is -0.634. The van der Waals surface area contributed by atoms with E-state index in [1.54, 1.807) is 6.07 Å². The first kappa shape index (κ1) is 14.0. The number of anilines is 2. The number of aromatic amines is 2. The number of nitrogens with one attached hydrogen (secondary N) is 4. The summed E-state index contributed by atoms with van der Waals surface area (Å²) in [6.07, 6.45) is 1.04. The van der Waals surface area contributed by atoms with Gasteiger partial charge in [-0.05, 0) is 18.2 Å². The van der Waals surface area contributed by atoms with Crippen molar-refractivity contribution < 1.29 is 9.18 Å². The number of urea groups is 1. The number of amides is 2. The van der Waals surface area contributed by atoms with Crippen LogP contribution in [-0.4, -0.2) is 16.0 Å². The minimum absolute atomic E-state index is 0.0495. The van der Waals surface area contributed by atoms with E-state index in [-0.39, 0.29) is 11.4 Å². The highest BCUT2D eigenvalue weighted by Crippen LogP contribution is 2.19. The van der Waals surface area contributed by atoms with Gasteiger partial charge in [-0.2, -0.15) is 0 Å². The molecule has 1 heterocycles. The molecule has 0 fully saturated rings. The zero-order valence-corrected chi connectivity index (χ0v) is 11.4. The molecule has 9 heteroatoms. The van der Waals surface area contributed by atoms with Gasteiger partial charge in [0.1, 0.15) is 11.5 Å². The van der Waals surface area contributed by atoms with Gasteiger partial charge in [0.2, 0.25) is 0 Å². The van der Waals surface area contributed by atoms with Crippen LogP contribution in [0, 0.1) is 5.82 Å². The molecule has 0 aliphatic rings. The molecule has 1 aromatic heterocycles. The molecule has 2 aromatic rings. The number of benzene rings is 1. The smallest absolute Gasteiger partial charge is 0.312 e. The Labute approximate surface area is 119 Å². The van der Waals surface area contributed by atoms with Gasteiger partial charge in [-0.25, -0.2) is 14.0 Å². The summed E-state index contributed by atoms with van der Waals surface area (Å²) in [7, 11) is 0. The Morgan fingerprint density at radius 1 is 1.20 bits per heavy atom. The average molecular weight is 343 g/mol. The fourth-order valence-electron chi connectivity index (χ4n) is 1.37. The van der Waals surface area contributed by atoms with E-state index < -0.39 is 23.1 Å². The highest BCUT2D eigenvalue weighted by molar-refractivity contribution is 9.10. The second-order valence-corrected chi connectivity index (χ2v) is 4.60. The molecular weight excluding hydrogens is 335 g/mol. The number of carbonyl (C=O) groups is 1. The molecular formula is C11H8BrFN4O3. The van der Waals surface area contributed by atoms with Gasteiger partial charge >= 0.3 is 11.7 Å². The molecule has 0 saturated carbocycles. The number of H-pyrrole nitrogens is 2. The lowest BCUT2D eigenvalue weighted by molar-refractivity contribution is 0.262. The molecule has 0 spiro atoms. The Bertz CT molecular complexity index is 771. The van der Waals surface area contributed by atoms with Crippen molar-refractivity contribution >= 4 is 33.3 Å². The molecule has 0 radical (unpaired) electrons. The first-order valence-electron chi connectivity index (χ1n) is 5.31. The van der Waals surface area contributed by atoms with E-state index in [1.807, 2.05) is 4.98 Å². The summed E-state index contributed by atoms with van der Waals surface area (Å²) >= 11 is 3.09. The maximum atomic E-state index is 13.5. The molecule has 104 valence electrons. The van der Waals surface area contributed by atoms with Gasteiger partial charge < -0.3 is 15.6 Å². The van der Waals surface area contributed by atoms with Crippen molar-refractivity contribution in [3.63, 3.8) is 0 Å². The van der Waals surface area contributed by atoms with Crippen LogP contribution in [0.4, 0.5) is 20.6 Å². The van der Waals surface area contributed by atoms with Gasteiger partial charge in [-0.1, -0.05) is 15.9 Å². The topological polar surface area (TPSA) is 107 Å². The van der Waals surface area contributed by atoms with E-state index >= 15 is 0 Å². The molecule has 1 aromatic carbocycles. The van der Waals surface area contributed by atoms with Crippen molar-refractivity contribution in [2.45, 2.75) is 0 Å². The Kier molecular flexibility index (Phi) is 3.99. The van der Waals surface area contributed by atoms with Crippen LogP contribution in [0.1, 0.15) is 0 Å². The Balaban J connectivity index is 2.13. The quantitative estimate of drug-likeness (QED) is 0.665. The third-order valence-electron chi connectivity index (χ3n) is 2.25. The molecule has 2 rings (SSSR count). The van der Waals surface area contributed by atoms with Crippen LogP contribution in [0.5, 0.6) is 0 Å². The third-order valence-corrected chi connectivity index (χ3v) is 2.74. The van der Waals surface area contributed by atoms with Crippen molar-refractivity contribution in [1.82, 2.24) is 9.97 Å². The number of hydrogen-bond acceptors (Lipinski definition) is 3. The van der Waals surface area contributed by atoms with E-state index in [1.165, 1.54) is 12.1 Å². The van der Waals surface area contributed by atoms with Crippen molar-refractivity contribution in [2.24, 2.45) is 0 Å². The molecule has 0 aliphatic carbocycles. The van der Waals surface area contributed by atoms with Crippen LogP contribution in [0.2, 0.25) is 0 Å². The maximum Gasteiger partial charge on any atom is 0.325 e. The van der Waals surface area contributed by atoms with Crippen molar-refractivity contribution in [2.75, 3.05) is 10.6 Å². The summed E-state index contributed by atoms with van der Waals surface area (Å²) in [5, 5.41) is 4.42. The second kappa shape index (κ2) is 5.70. The summed E-state index contributed by atoms with van der Waals surface area (Å²) in [5.41, 5.74) is -1.67. The number of rotatable bonds is 2. The normalized spacial score (nSPS) is 10.1. The van der Waals surface area contributed by atoms with Crippen molar-refractivity contribution in [1.29, 1.82) is 0 Å². The maximum absolute atomic E-state index is 13.5. The molecule has 7 nitrogen and oxygen atoms in total. The number of hydrogen-bond donors (Lipinski definition) is 4. The molecule has 0 bridgehead atoms. The van der Waals surface area contributed by atoms with Crippen LogP contribution in [-0.2, 0) is 0 Å². The number of carbonyl (C=O) groups excluding carboxylic acids is 1. The number of halogens is 2. The summed E-state index contributed by atoms with van der Waals surface area (Å²) in [6, 6.07) is 3.27. The van der Waals surface area contributed by atoms with Gasteiger partial charge in [0.05, 0.1) is 5.69 Å². The largest absolute Gasteiger partial charge is 0.325 e. The first-order chi connectivity index (χ1) is 9.45. The van der Waals surface area contributed by atoms with Crippen molar-refractivity contribution in [3.05, 3.63) is 55.5 Å². The summed E-state index contributed by atoms with van der Waals surface area (Å²) < 4.78 is 14.0. The Morgan fingerprint density at radius 3 is 2.55 bits per heavy atom. The molecule has 4 N–H and O–H groups in total. The van der Waals surface area contributed by atoms with E-state index in [4.69, 9.17) is 0 Å². The highest BCUT2D eigenvalue weighted by Gasteiger charge is 2.09. The van der Waals surface area contributed by atoms with E-state index in [9.17, 15) is 18.8 Å². The van der Waals surface area contributed by atoms with Crippen LogP contribution >= 0.6 is 15.9 Å². The lowest BCUT2D eigenvalue weighted by Gasteiger charge is -2.07. The Hall–Kier alpha value is -2.42. The van der Waals surface area contributed by atoms with Crippen LogP contribution in [0.25, 0.3) is 0 Å². The zero-order chi connectivity index (χ0) is 14.7. The zero-order valence-electron chi connectivity index (χ0n) is 9.79. The molecule has 0 aliphatic heterocycles. The summed E-state index contributed by atoms with van der Waals surface area (Å²) in [4.78, 5) is 37.9. The predicted octanol–water partition coefficient (Wildman–Crippen LogP) is 1.61. The fourth-order valence-corrected chi connectivity index (χ4v) is 1.70. The predicted molar refractivity (Wildman–Crippen MR) is 74.4 cm³/mol. The van der Waals surface area contributed by atoms with Crippen molar-refractivity contribution in [3.8, 4) is 0 Å². The third kappa shape index (κ3) is 3.32. The minimum Gasteiger partial charge on any atom is -0.312 e. The SMILES string of the molecule is O=C(Nc1ccc(Br)cc1F)Nc1c[nH]c(=O)[nH]c1=O. The fraction of sp³-hybridized carbons (Fsp3) is 0. The van der Waals surface area contributed by atoms with Gasteiger partial charge in [-0.3, -0.25) is 9.78 Å². The minimum atomic E-state index is -0.816. The van der Waals surface area contributed by atoms with Crippen LogP contribution < -0.4 is 21.9 Å². The van der Waals surface area contributed by atoms with Crippen LogP contribution in [0.3, 0.4) is 0 Å². The molecule has 20 heavy (non-hydrogen) atoms. The highest BCUT2D eigenvalue weighted by atomic mass is 79.9. The Morgan fingerprint density at radius 2 is 1.90 bits per heavy atom. The molecule has 0 atom stereocenters. The van der Waals surface area contributed by atoms with Crippen LogP contribution in [0.15, 0.2) is 38.5 Å². The van der Waals surface area contributed by atoms with E-state index in [0.717, 1.165) is 6.20 Å². The standard InChI is InChI=1S/C11H8BrFN4O3/c12-5-1-2-7(6(13)3-5)15-11(20)16-8-4-14-10(19)17-9(8)18/h1-4H,(H2,15,16,20)(H2,14,17,18,19). The average Bonchev–Trinajstić information content (AvgIpc) is 2.36. The van der Waals surface area contributed by atoms with Gasteiger partial charge in [0.25, 0.3) is 5.56 Å². The molecule has 0 saturated heterocycles. The lowest BCUT2D eigenvalue weighted by atomic mass is 10.3. The second-order valence-electron chi connectivity index (χ2n) is 3.69. The van der Waals surface area contributed by atoms with Gasteiger partial charge in [-0.15, -0.1) is 0 Å². The lowest BCUT2D eigenvalue weighted by Crippen LogP contribution is -2.28. The number of aromatic nitrogens is 2. The monoisotopic (exact) mass is 342 g/mol. The van der Waals surface area contributed by atoms with Gasteiger partial charge in [0.15, 0.2) is 0 Å². The summed E-state index contributed by atoms with van der Waals surface area (Å²) in [6.45, 7) is 0. The molecule has 2 amide bonds.